The van der Waals surface area contributed by atoms with Gasteiger partial charge < -0.3 is 10.2 Å². The third-order valence-electron chi connectivity index (χ3n) is 7.03. The average molecular weight is 651 g/mol. The van der Waals surface area contributed by atoms with Gasteiger partial charge in [0.2, 0.25) is 11.8 Å². The Morgan fingerprint density at radius 1 is 0.929 bits per heavy atom. The number of thioether (sulfide) groups is 1. The van der Waals surface area contributed by atoms with E-state index in [0.717, 1.165) is 14.8 Å². The van der Waals surface area contributed by atoms with E-state index in [1.807, 2.05) is 27.0 Å². The van der Waals surface area contributed by atoms with E-state index in [2.05, 4.69) is 5.32 Å². The van der Waals surface area contributed by atoms with Crippen LogP contribution in [-0.2, 0) is 26.2 Å². The number of rotatable bonds is 13. The van der Waals surface area contributed by atoms with Crippen molar-refractivity contribution in [3.63, 3.8) is 0 Å². The van der Waals surface area contributed by atoms with Gasteiger partial charge in [-0.1, -0.05) is 60.8 Å². The molecule has 11 heteroatoms. The first-order valence-corrected chi connectivity index (χ1v) is 17.1. The Labute approximate surface area is 263 Å². The third-order valence-corrected chi connectivity index (χ3v) is 10.3. The molecule has 226 valence electrons. The predicted molar refractivity (Wildman–Crippen MR) is 173 cm³/mol. The number of nitrogens with zero attached hydrogens (tertiary/aromatic N) is 2. The molecule has 2 unspecified atom stereocenters. The van der Waals surface area contributed by atoms with Crippen molar-refractivity contribution in [1.82, 2.24) is 10.2 Å². The lowest BCUT2D eigenvalue weighted by atomic mass is 10.1. The van der Waals surface area contributed by atoms with Crippen molar-refractivity contribution in [1.29, 1.82) is 0 Å². The van der Waals surface area contributed by atoms with Crippen LogP contribution in [0, 0.1) is 6.92 Å². The van der Waals surface area contributed by atoms with Crippen molar-refractivity contribution in [3.8, 4) is 0 Å². The van der Waals surface area contributed by atoms with Gasteiger partial charge in [-0.25, -0.2) is 8.42 Å². The smallest absolute Gasteiger partial charge is 0.264 e. The number of hydrogen-bond donors (Lipinski definition) is 1. The van der Waals surface area contributed by atoms with Crippen LogP contribution in [0.15, 0.2) is 76.5 Å². The van der Waals surface area contributed by atoms with Crippen LogP contribution in [0.1, 0.15) is 44.7 Å². The van der Waals surface area contributed by atoms with Crippen LogP contribution >= 0.6 is 35.0 Å². The Morgan fingerprint density at radius 3 is 2.05 bits per heavy atom. The van der Waals surface area contributed by atoms with E-state index < -0.39 is 28.5 Å². The number of anilines is 1. The predicted octanol–water partition coefficient (Wildman–Crippen LogP) is 6.94. The number of aryl methyl sites for hydroxylation is 1. The molecule has 0 aromatic heterocycles. The highest BCUT2D eigenvalue weighted by molar-refractivity contribution is 7.98. The van der Waals surface area contributed by atoms with E-state index in [1.165, 1.54) is 28.8 Å². The summed E-state index contributed by atoms with van der Waals surface area (Å²) in [4.78, 5) is 30.0. The summed E-state index contributed by atoms with van der Waals surface area (Å²) in [5, 5.41) is 3.64. The molecule has 1 N–H and O–H groups in total. The SMILES string of the molecule is CCC(C)NC(=O)C(CC)N(Cc1c(Cl)cccc1Cl)C(=O)CN(c1ccc(C)cc1)S(=O)(=O)c1ccc(SC)cc1. The van der Waals surface area contributed by atoms with Crippen LogP contribution in [0.5, 0.6) is 0 Å². The second kappa shape index (κ2) is 15.1. The summed E-state index contributed by atoms with van der Waals surface area (Å²) >= 11 is 14.4. The van der Waals surface area contributed by atoms with Crippen LogP contribution in [-0.4, -0.2) is 50.0 Å². The maximum absolute atomic E-state index is 14.2. The maximum Gasteiger partial charge on any atom is 0.264 e. The van der Waals surface area contributed by atoms with E-state index in [1.54, 1.807) is 61.5 Å². The largest absolute Gasteiger partial charge is 0.352 e. The first kappa shape index (κ1) is 33.8. The summed E-state index contributed by atoms with van der Waals surface area (Å²) in [6.45, 7) is 6.92. The molecule has 0 aliphatic heterocycles. The lowest BCUT2D eigenvalue weighted by Gasteiger charge is -2.34. The zero-order valence-corrected chi connectivity index (χ0v) is 27.6. The van der Waals surface area contributed by atoms with Gasteiger partial charge >= 0.3 is 0 Å². The minimum absolute atomic E-state index is 0.0518. The first-order valence-electron chi connectivity index (χ1n) is 13.7. The summed E-state index contributed by atoms with van der Waals surface area (Å²) in [5.74, 6) is -0.900. The molecule has 3 aromatic rings. The molecule has 0 bridgehead atoms. The van der Waals surface area contributed by atoms with Crippen LogP contribution in [0.4, 0.5) is 5.69 Å². The Kier molecular flexibility index (Phi) is 12.2. The first-order chi connectivity index (χ1) is 19.9. The fourth-order valence-corrected chi connectivity index (χ4v) is 6.67. The molecule has 0 fully saturated rings. The van der Waals surface area contributed by atoms with E-state index in [0.29, 0.717) is 34.1 Å². The molecule has 3 aromatic carbocycles. The molecule has 7 nitrogen and oxygen atoms in total. The topological polar surface area (TPSA) is 86.8 Å². The van der Waals surface area contributed by atoms with Crippen molar-refractivity contribution in [2.24, 2.45) is 0 Å². The van der Waals surface area contributed by atoms with Gasteiger partial charge in [0.05, 0.1) is 10.6 Å². The zero-order valence-electron chi connectivity index (χ0n) is 24.4. The molecular weight excluding hydrogens is 613 g/mol. The molecule has 0 heterocycles. The molecule has 2 atom stereocenters. The summed E-state index contributed by atoms with van der Waals surface area (Å²) in [6, 6.07) is 17.4. The fourth-order valence-electron chi connectivity index (χ4n) is 4.33. The van der Waals surface area contributed by atoms with Crippen LogP contribution in [0.2, 0.25) is 10.0 Å². The van der Waals surface area contributed by atoms with Crippen molar-refractivity contribution in [2.45, 2.75) is 69.0 Å². The number of carbonyl (C=O) groups is 2. The summed E-state index contributed by atoms with van der Waals surface area (Å²) < 4.78 is 29.1. The number of halogens is 2. The second-order valence-corrected chi connectivity index (χ2v) is 13.5. The molecule has 0 aliphatic carbocycles. The monoisotopic (exact) mass is 649 g/mol. The van der Waals surface area contributed by atoms with Gasteiger partial charge in [0, 0.05) is 33.1 Å². The Balaban J connectivity index is 2.09. The minimum atomic E-state index is -4.16. The maximum atomic E-state index is 14.2. The molecule has 3 rings (SSSR count). The second-order valence-electron chi connectivity index (χ2n) is 9.99. The van der Waals surface area contributed by atoms with Gasteiger partial charge in [-0.05, 0) is 81.5 Å². The van der Waals surface area contributed by atoms with Crippen LogP contribution < -0.4 is 9.62 Å². The van der Waals surface area contributed by atoms with E-state index in [9.17, 15) is 18.0 Å². The zero-order chi connectivity index (χ0) is 31.0. The number of amides is 2. The van der Waals surface area contributed by atoms with Crippen LogP contribution in [0.25, 0.3) is 0 Å². The highest BCUT2D eigenvalue weighted by Crippen LogP contribution is 2.29. The lowest BCUT2D eigenvalue weighted by Crippen LogP contribution is -2.53. The van der Waals surface area contributed by atoms with E-state index in [4.69, 9.17) is 23.2 Å². The van der Waals surface area contributed by atoms with Crippen molar-refractivity contribution >= 4 is 62.5 Å². The number of benzene rings is 3. The Bertz CT molecular complexity index is 1460. The van der Waals surface area contributed by atoms with Gasteiger partial charge in [-0.3, -0.25) is 13.9 Å². The molecule has 2 amide bonds. The van der Waals surface area contributed by atoms with Gasteiger partial charge in [0.15, 0.2) is 0 Å². The fraction of sp³-hybridized carbons (Fsp3) is 0.355. The van der Waals surface area contributed by atoms with Gasteiger partial charge in [0.25, 0.3) is 10.0 Å². The van der Waals surface area contributed by atoms with Gasteiger partial charge in [-0.2, -0.15) is 0 Å². The molecule has 0 radical (unpaired) electrons. The van der Waals surface area contributed by atoms with Crippen molar-refractivity contribution < 1.29 is 18.0 Å². The highest BCUT2D eigenvalue weighted by atomic mass is 35.5. The molecule has 42 heavy (non-hydrogen) atoms. The average Bonchev–Trinajstić information content (AvgIpc) is 2.97. The molecular formula is C31H37Cl2N3O4S2. The molecule has 0 aliphatic rings. The molecule has 0 saturated carbocycles. The Morgan fingerprint density at radius 2 is 1.52 bits per heavy atom. The van der Waals surface area contributed by atoms with Crippen LogP contribution in [0.3, 0.4) is 0 Å². The van der Waals surface area contributed by atoms with E-state index in [-0.39, 0.29) is 23.4 Å². The normalized spacial score (nSPS) is 12.8. The van der Waals surface area contributed by atoms with E-state index >= 15 is 0 Å². The van der Waals surface area contributed by atoms with Crippen molar-refractivity contribution in [2.75, 3.05) is 17.1 Å². The van der Waals surface area contributed by atoms with Gasteiger partial charge in [0.1, 0.15) is 12.6 Å². The summed E-state index contributed by atoms with van der Waals surface area (Å²) in [7, 11) is -4.16. The Hall–Kier alpha value is -2.72. The number of hydrogen-bond acceptors (Lipinski definition) is 5. The lowest BCUT2D eigenvalue weighted by molar-refractivity contribution is -0.140. The quantitative estimate of drug-likeness (QED) is 0.203. The standard InChI is InChI=1S/C31H37Cl2N3O4S2/c1-6-22(4)34-31(38)29(7-2)35(19-26-27(32)9-8-10-28(26)33)30(37)20-36(23-13-11-21(3)12-14-23)42(39,40)25-17-15-24(41-5)16-18-25/h8-18,22,29H,6-7,19-20H2,1-5H3,(H,34,38). The van der Waals surface area contributed by atoms with Crippen molar-refractivity contribution in [3.05, 3.63) is 87.9 Å². The van der Waals surface area contributed by atoms with Gasteiger partial charge in [-0.15, -0.1) is 11.8 Å². The number of nitrogens with one attached hydrogen (secondary N) is 1. The highest BCUT2D eigenvalue weighted by Gasteiger charge is 2.34. The molecule has 0 saturated heterocycles. The molecule has 0 spiro atoms. The number of sulfonamides is 1. The number of carbonyl (C=O) groups excluding carboxylic acids is 2. The third kappa shape index (κ3) is 8.22. The summed E-state index contributed by atoms with van der Waals surface area (Å²) in [5.41, 5.74) is 1.74. The summed E-state index contributed by atoms with van der Waals surface area (Å²) in [6.07, 6.45) is 2.91. The minimum Gasteiger partial charge on any atom is -0.352 e.